The van der Waals surface area contributed by atoms with Crippen LogP contribution < -0.4 is 0 Å². The number of carbonyl (C=O) groups is 3. The first-order chi connectivity index (χ1) is 9.97. The molecule has 0 saturated carbocycles. The molecule has 2 amide bonds. The van der Waals surface area contributed by atoms with Gasteiger partial charge in [-0.15, -0.1) is 0 Å². The summed E-state index contributed by atoms with van der Waals surface area (Å²) in [6, 6.07) is 4.16. The molecule has 1 aromatic carbocycles. The summed E-state index contributed by atoms with van der Waals surface area (Å²) in [5.41, 5.74) is 0.626. The van der Waals surface area contributed by atoms with Crippen LogP contribution in [0.25, 0.3) is 6.08 Å². The molecule has 1 aromatic rings. The fourth-order valence-electron chi connectivity index (χ4n) is 2.11. The first-order valence-electron chi connectivity index (χ1n) is 6.50. The minimum atomic E-state index is -1.12. The highest BCUT2D eigenvalue weighted by Gasteiger charge is 2.26. The van der Waals surface area contributed by atoms with E-state index in [2.05, 4.69) is 0 Å². The lowest BCUT2D eigenvalue weighted by molar-refractivity contribution is -0.148. The molecular weight excluding hydrogens is 277 g/mol. The highest BCUT2D eigenvalue weighted by atomic mass is 19.1. The highest BCUT2D eigenvalue weighted by molar-refractivity contribution is 5.97. The fraction of sp³-hybridized carbons (Fsp3) is 0.267. The molecule has 1 fully saturated rings. The summed E-state index contributed by atoms with van der Waals surface area (Å²) in [7, 11) is 0. The Labute approximate surface area is 120 Å². The summed E-state index contributed by atoms with van der Waals surface area (Å²) in [5.74, 6) is -2.28. The number of hydrogen-bond donors (Lipinski definition) is 1. The van der Waals surface area contributed by atoms with Crippen molar-refractivity contribution < 1.29 is 23.9 Å². The Morgan fingerprint density at radius 2 is 1.95 bits per heavy atom. The molecule has 21 heavy (non-hydrogen) atoms. The average Bonchev–Trinajstić information content (AvgIpc) is 2.42. The summed E-state index contributed by atoms with van der Waals surface area (Å²) < 4.78 is 14.0. The Morgan fingerprint density at radius 1 is 1.29 bits per heavy atom. The SMILES string of the molecule is O=C(O)C=Cc1ccc(CN2C(=O)CCCC2=O)c(F)c1. The number of nitrogens with zero attached hydrogens (tertiary/aromatic N) is 1. The standard InChI is InChI=1S/C15H14FNO4/c16-12-8-10(5-7-15(20)21)4-6-11(12)9-17-13(18)2-1-3-14(17)19/h4-8H,1-3,9H2,(H,20,21). The molecule has 0 aliphatic carbocycles. The van der Waals surface area contributed by atoms with E-state index in [1.807, 2.05) is 0 Å². The molecule has 6 heteroatoms. The normalized spacial score (nSPS) is 15.8. The van der Waals surface area contributed by atoms with Gasteiger partial charge in [-0.1, -0.05) is 12.1 Å². The fourth-order valence-corrected chi connectivity index (χ4v) is 2.11. The van der Waals surface area contributed by atoms with Gasteiger partial charge in [0.15, 0.2) is 0 Å². The topological polar surface area (TPSA) is 74.7 Å². The first kappa shape index (κ1) is 14.9. The van der Waals surface area contributed by atoms with Crippen LogP contribution in [0, 0.1) is 5.82 Å². The number of piperidine rings is 1. The van der Waals surface area contributed by atoms with Gasteiger partial charge in [-0.3, -0.25) is 14.5 Å². The zero-order chi connectivity index (χ0) is 15.4. The Kier molecular flexibility index (Phi) is 4.47. The molecule has 1 aliphatic heterocycles. The van der Waals surface area contributed by atoms with Crippen LogP contribution in [0.2, 0.25) is 0 Å². The van der Waals surface area contributed by atoms with Crippen molar-refractivity contribution in [2.45, 2.75) is 25.8 Å². The average molecular weight is 291 g/mol. The maximum Gasteiger partial charge on any atom is 0.328 e. The van der Waals surface area contributed by atoms with E-state index in [1.165, 1.54) is 24.3 Å². The molecule has 0 radical (unpaired) electrons. The predicted molar refractivity (Wildman–Crippen MR) is 72.5 cm³/mol. The van der Waals surface area contributed by atoms with Gasteiger partial charge >= 0.3 is 5.97 Å². The Balaban J connectivity index is 2.15. The van der Waals surface area contributed by atoms with Gasteiger partial charge in [0.2, 0.25) is 11.8 Å². The molecule has 0 spiro atoms. The molecule has 5 nitrogen and oxygen atoms in total. The van der Waals surface area contributed by atoms with E-state index < -0.39 is 11.8 Å². The van der Waals surface area contributed by atoms with E-state index >= 15 is 0 Å². The molecule has 1 N–H and O–H groups in total. The minimum Gasteiger partial charge on any atom is -0.478 e. The lowest BCUT2D eigenvalue weighted by Gasteiger charge is -2.25. The molecule has 0 atom stereocenters. The van der Waals surface area contributed by atoms with Gasteiger partial charge in [-0.05, 0) is 24.1 Å². The summed E-state index contributed by atoms with van der Waals surface area (Å²) in [6.07, 6.45) is 3.31. The Hall–Kier alpha value is -2.50. The number of carboxylic acid groups (broad SMARTS) is 1. The molecule has 0 aromatic heterocycles. The third-order valence-electron chi connectivity index (χ3n) is 3.21. The van der Waals surface area contributed by atoms with Gasteiger partial charge in [0.25, 0.3) is 0 Å². The Bertz CT molecular complexity index is 608. The smallest absolute Gasteiger partial charge is 0.328 e. The van der Waals surface area contributed by atoms with E-state index in [-0.39, 0.29) is 23.9 Å². The van der Waals surface area contributed by atoms with E-state index in [1.54, 1.807) is 0 Å². The number of carbonyl (C=O) groups excluding carboxylic acids is 2. The third kappa shape index (κ3) is 3.75. The van der Waals surface area contributed by atoms with Crippen molar-refractivity contribution in [3.05, 3.63) is 41.2 Å². The van der Waals surface area contributed by atoms with Gasteiger partial charge in [0.1, 0.15) is 5.82 Å². The van der Waals surface area contributed by atoms with Crippen LogP contribution in [-0.4, -0.2) is 27.8 Å². The monoisotopic (exact) mass is 291 g/mol. The first-order valence-corrected chi connectivity index (χ1v) is 6.50. The van der Waals surface area contributed by atoms with Crippen LogP contribution in [0.3, 0.4) is 0 Å². The lowest BCUT2D eigenvalue weighted by atomic mass is 10.1. The number of halogens is 1. The van der Waals surface area contributed by atoms with Gasteiger partial charge in [0, 0.05) is 24.5 Å². The molecule has 1 saturated heterocycles. The van der Waals surface area contributed by atoms with Gasteiger partial charge in [-0.25, -0.2) is 9.18 Å². The summed E-state index contributed by atoms with van der Waals surface area (Å²) in [4.78, 5) is 34.8. The van der Waals surface area contributed by atoms with Gasteiger partial charge in [0.05, 0.1) is 6.54 Å². The van der Waals surface area contributed by atoms with Crippen LogP contribution in [0.1, 0.15) is 30.4 Å². The van der Waals surface area contributed by atoms with Gasteiger partial charge < -0.3 is 5.11 Å². The quantitative estimate of drug-likeness (QED) is 0.679. The maximum absolute atomic E-state index is 14.0. The van der Waals surface area contributed by atoms with E-state index in [4.69, 9.17) is 5.11 Å². The number of hydrogen-bond acceptors (Lipinski definition) is 3. The molecule has 1 heterocycles. The molecule has 2 rings (SSSR count). The second-order valence-electron chi connectivity index (χ2n) is 4.75. The van der Waals surface area contributed by atoms with Crippen molar-refractivity contribution in [1.29, 1.82) is 0 Å². The van der Waals surface area contributed by atoms with Crippen molar-refractivity contribution in [3.63, 3.8) is 0 Å². The maximum atomic E-state index is 14.0. The minimum absolute atomic E-state index is 0.0908. The number of aliphatic carboxylic acids is 1. The summed E-state index contributed by atoms with van der Waals surface area (Å²) >= 11 is 0. The summed E-state index contributed by atoms with van der Waals surface area (Å²) in [6.45, 7) is -0.0908. The van der Waals surface area contributed by atoms with E-state index in [0.29, 0.717) is 24.8 Å². The molecular formula is C15H14FNO4. The second kappa shape index (κ2) is 6.30. The zero-order valence-corrected chi connectivity index (χ0v) is 11.2. The van der Waals surface area contributed by atoms with Crippen molar-refractivity contribution in [2.24, 2.45) is 0 Å². The summed E-state index contributed by atoms with van der Waals surface area (Å²) in [5, 5.41) is 8.51. The number of benzene rings is 1. The van der Waals surface area contributed by atoms with Crippen LogP contribution >= 0.6 is 0 Å². The largest absolute Gasteiger partial charge is 0.478 e. The highest BCUT2D eigenvalue weighted by Crippen LogP contribution is 2.19. The van der Waals surface area contributed by atoms with Crippen LogP contribution in [0.4, 0.5) is 4.39 Å². The van der Waals surface area contributed by atoms with Gasteiger partial charge in [-0.2, -0.15) is 0 Å². The van der Waals surface area contributed by atoms with E-state index in [0.717, 1.165) is 11.0 Å². The number of amides is 2. The van der Waals surface area contributed by atoms with Crippen LogP contribution in [-0.2, 0) is 20.9 Å². The van der Waals surface area contributed by atoms with E-state index in [9.17, 15) is 18.8 Å². The number of imide groups is 1. The molecule has 0 bridgehead atoms. The van der Waals surface area contributed by atoms with Crippen molar-refractivity contribution >= 4 is 23.9 Å². The molecule has 1 aliphatic rings. The lowest BCUT2D eigenvalue weighted by Crippen LogP contribution is -2.39. The zero-order valence-electron chi connectivity index (χ0n) is 11.2. The predicted octanol–water partition coefficient (Wildman–Crippen LogP) is 1.96. The van der Waals surface area contributed by atoms with Crippen molar-refractivity contribution in [1.82, 2.24) is 4.90 Å². The molecule has 0 unspecified atom stereocenters. The number of rotatable bonds is 4. The number of carboxylic acids is 1. The van der Waals surface area contributed by atoms with Crippen LogP contribution in [0.5, 0.6) is 0 Å². The third-order valence-corrected chi connectivity index (χ3v) is 3.21. The molecule has 110 valence electrons. The second-order valence-corrected chi connectivity index (χ2v) is 4.75. The van der Waals surface area contributed by atoms with Crippen LogP contribution in [0.15, 0.2) is 24.3 Å². The number of likely N-dealkylation sites (tertiary alicyclic amines) is 1. The van der Waals surface area contributed by atoms with Crippen molar-refractivity contribution in [2.75, 3.05) is 0 Å². The van der Waals surface area contributed by atoms with Crippen molar-refractivity contribution in [3.8, 4) is 0 Å². The Morgan fingerprint density at radius 3 is 2.52 bits per heavy atom.